The fourth-order valence-corrected chi connectivity index (χ4v) is 1.39. The lowest BCUT2D eigenvalue weighted by atomic mass is 10.2. The molecule has 0 aliphatic carbocycles. The molecule has 1 aromatic carbocycles. The average molecular weight is 205 g/mol. The SMILES string of the molecule is CC.CCC(C)n1nnc2ccccc21. The number of benzene rings is 1. The quantitative estimate of drug-likeness (QED) is 0.752. The van der Waals surface area contributed by atoms with Crippen molar-refractivity contribution in [3.63, 3.8) is 0 Å². The Hall–Kier alpha value is -1.38. The monoisotopic (exact) mass is 205 g/mol. The highest BCUT2D eigenvalue weighted by Gasteiger charge is 2.07. The highest BCUT2D eigenvalue weighted by molar-refractivity contribution is 5.73. The van der Waals surface area contributed by atoms with Crippen LogP contribution in [0.5, 0.6) is 0 Å². The fraction of sp³-hybridized carbons (Fsp3) is 0.500. The average Bonchev–Trinajstić information content (AvgIpc) is 2.74. The molecule has 0 aliphatic rings. The molecule has 1 atom stereocenters. The van der Waals surface area contributed by atoms with E-state index in [-0.39, 0.29) is 0 Å². The first-order valence-corrected chi connectivity index (χ1v) is 5.63. The van der Waals surface area contributed by atoms with Crippen molar-refractivity contribution in [1.82, 2.24) is 15.0 Å². The summed E-state index contributed by atoms with van der Waals surface area (Å²) in [5.41, 5.74) is 2.10. The second kappa shape index (κ2) is 5.49. The van der Waals surface area contributed by atoms with Crippen molar-refractivity contribution in [2.75, 3.05) is 0 Å². The van der Waals surface area contributed by atoms with Crippen LogP contribution in [0.2, 0.25) is 0 Å². The van der Waals surface area contributed by atoms with Gasteiger partial charge in [-0.25, -0.2) is 4.68 Å². The van der Waals surface area contributed by atoms with Gasteiger partial charge < -0.3 is 0 Å². The second-order valence-corrected chi connectivity index (χ2v) is 3.28. The molecule has 0 bridgehead atoms. The maximum absolute atomic E-state index is 4.13. The minimum atomic E-state index is 0.424. The number of fused-ring (bicyclic) bond motifs is 1. The van der Waals surface area contributed by atoms with Crippen LogP contribution in [0.4, 0.5) is 0 Å². The van der Waals surface area contributed by atoms with Crippen LogP contribution in [0, 0.1) is 0 Å². The van der Waals surface area contributed by atoms with Gasteiger partial charge in [0.2, 0.25) is 0 Å². The molecule has 0 spiro atoms. The molecule has 15 heavy (non-hydrogen) atoms. The number of hydrogen-bond donors (Lipinski definition) is 0. The molecule has 1 aromatic heterocycles. The summed E-state index contributed by atoms with van der Waals surface area (Å²) < 4.78 is 1.98. The summed E-state index contributed by atoms with van der Waals surface area (Å²) in [5.74, 6) is 0. The standard InChI is InChI=1S/C10H13N3.C2H6/c1-3-8(2)13-10-7-5-4-6-9(10)11-12-13;1-2/h4-8H,3H2,1-2H3;1-2H3. The van der Waals surface area contributed by atoms with Gasteiger partial charge in [-0.2, -0.15) is 0 Å². The molecule has 3 nitrogen and oxygen atoms in total. The summed E-state index contributed by atoms with van der Waals surface area (Å²) in [5, 5.41) is 8.23. The van der Waals surface area contributed by atoms with Crippen LogP contribution in [0.15, 0.2) is 24.3 Å². The zero-order chi connectivity index (χ0) is 11.3. The van der Waals surface area contributed by atoms with Crippen molar-refractivity contribution in [3.05, 3.63) is 24.3 Å². The van der Waals surface area contributed by atoms with Gasteiger partial charge in [0.05, 0.1) is 11.6 Å². The minimum Gasteiger partial charge on any atom is -0.242 e. The van der Waals surface area contributed by atoms with E-state index < -0.39 is 0 Å². The van der Waals surface area contributed by atoms with Crippen molar-refractivity contribution in [2.24, 2.45) is 0 Å². The first kappa shape index (κ1) is 11.7. The largest absolute Gasteiger partial charge is 0.242 e. The van der Waals surface area contributed by atoms with Crippen LogP contribution in [-0.2, 0) is 0 Å². The summed E-state index contributed by atoms with van der Waals surface area (Å²) in [4.78, 5) is 0. The van der Waals surface area contributed by atoms with Gasteiger partial charge in [-0.05, 0) is 25.5 Å². The van der Waals surface area contributed by atoms with Gasteiger partial charge >= 0.3 is 0 Å². The summed E-state index contributed by atoms with van der Waals surface area (Å²) in [6.45, 7) is 8.31. The Morgan fingerprint density at radius 3 is 2.60 bits per heavy atom. The number of nitrogens with zero attached hydrogens (tertiary/aromatic N) is 3. The molecule has 0 N–H and O–H groups in total. The molecule has 82 valence electrons. The van der Waals surface area contributed by atoms with Gasteiger partial charge in [0, 0.05) is 0 Å². The Kier molecular flexibility index (Phi) is 4.28. The highest BCUT2D eigenvalue weighted by atomic mass is 15.4. The maximum atomic E-state index is 4.13. The van der Waals surface area contributed by atoms with E-state index in [9.17, 15) is 0 Å². The van der Waals surface area contributed by atoms with Crippen molar-refractivity contribution in [1.29, 1.82) is 0 Å². The lowest BCUT2D eigenvalue weighted by Gasteiger charge is -2.08. The molecule has 0 amide bonds. The van der Waals surface area contributed by atoms with Gasteiger partial charge in [-0.1, -0.05) is 38.1 Å². The molecule has 0 saturated carbocycles. The molecule has 0 fully saturated rings. The van der Waals surface area contributed by atoms with Crippen molar-refractivity contribution >= 4 is 11.0 Å². The zero-order valence-electron chi connectivity index (χ0n) is 9.94. The lowest BCUT2D eigenvalue weighted by molar-refractivity contribution is 0.478. The van der Waals surface area contributed by atoms with E-state index in [1.807, 2.05) is 36.7 Å². The van der Waals surface area contributed by atoms with Crippen molar-refractivity contribution in [2.45, 2.75) is 40.2 Å². The van der Waals surface area contributed by atoms with Gasteiger partial charge in [-0.3, -0.25) is 0 Å². The van der Waals surface area contributed by atoms with Crippen LogP contribution in [0.3, 0.4) is 0 Å². The molecular weight excluding hydrogens is 186 g/mol. The van der Waals surface area contributed by atoms with E-state index in [1.54, 1.807) is 0 Å². The first-order valence-electron chi connectivity index (χ1n) is 5.63. The maximum Gasteiger partial charge on any atom is 0.113 e. The Morgan fingerprint density at radius 1 is 1.27 bits per heavy atom. The molecule has 2 rings (SSSR count). The molecule has 3 heteroatoms. The molecule has 1 unspecified atom stereocenters. The second-order valence-electron chi connectivity index (χ2n) is 3.28. The smallest absolute Gasteiger partial charge is 0.113 e. The molecule has 0 saturated heterocycles. The van der Waals surface area contributed by atoms with E-state index >= 15 is 0 Å². The van der Waals surface area contributed by atoms with E-state index in [2.05, 4.69) is 30.2 Å². The number of aromatic nitrogens is 3. The molecule has 1 heterocycles. The third-order valence-electron chi connectivity index (χ3n) is 2.39. The Morgan fingerprint density at radius 2 is 1.93 bits per heavy atom. The Bertz CT molecular complexity index is 406. The topological polar surface area (TPSA) is 30.7 Å². The number of hydrogen-bond acceptors (Lipinski definition) is 2. The van der Waals surface area contributed by atoms with Gasteiger partial charge in [0.15, 0.2) is 0 Å². The predicted octanol–water partition coefficient (Wildman–Crippen LogP) is 3.43. The summed E-state index contributed by atoms with van der Waals surface area (Å²) in [6.07, 6.45) is 1.08. The number of para-hydroxylation sites is 1. The molecule has 0 radical (unpaired) electrons. The zero-order valence-corrected chi connectivity index (χ0v) is 9.94. The van der Waals surface area contributed by atoms with Crippen LogP contribution in [0.1, 0.15) is 40.2 Å². The van der Waals surface area contributed by atoms with Crippen LogP contribution >= 0.6 is 0 Å². The van der Waals surface area contributed by atoms with E-state index in [4.69, 9.17) is 0 Å². The van der Waals surface area contributed by atoms with Crippen molar-refractivity contribution in [3.8, 4) is 0 Å². The van der Waals surface area contributed by atoms with Crippen LogP contribution in [0.25, 0.3) is 11.0 Å². The highest BCUT2D eigenvalue weighted by Crippen LogP contribution is 2.16. The van der Waals surface area contributed by atoms with E-state index in [0.717, 1.165) is 17.5 Å². The Labute approximate surface area is 91.1 Å². The van der Waals surface area contributed by atoms with Crippen LogP contribution in [-0.4, -0.2) is 15.0 Å². The lowest BCUT2D eigenvalue weighted by Crippen LogP contribution is -2.05. The van der Waals surface area contributed by atoms with Gasteiger partial charge in [0.25, 0.3) is 0 Å². The molecule has 2 aromatic rings. The predicted molar refractivity (Wildman–Crippen MR) is 63.9 cm³/mol. The van der Waals surface area contributed by atoms with Crippen molar-refractivity contribution < 1.29 is 0 Å². The van der Waals surface area contributed by atoms with Crippen LogP contribution < -0.4 is 0 Å². The summed E-state index contributed by atoms with van der Waals surface area (Å²) in [6, 6.07) is 8.47. The third kappa shape index (κ3) is 2.35. The molecular formula is C12H19N3. The number of rotatable bonds is 2. The summed E-state index contributed by atoms with van der Waals surface area (Å²) >= 11 is 0. The normalized spacial score (nSPS) is 12.0. The van der Waals surface area contributed by atoms with E-state index in [0.29, 0.717) is 6.04 Å². The summed E-state index contributed by atoms with van der Waals surface area (Å²) in [7, 11) is 0. The van der Waals surface area contributed by atoms with Gasteiger partial charge in [-0.15, -0.1) is 5.10 Å². The first-order chi connectivity index (χ1) is 7.33. The minimum absolute atomic E-state index is 0.424. The Balaban J connectivity index is 0.000000531. The fourth-order valence-electron chi connectivity index (χ4n) is 1.39. The molecule has 0 aliphatic heterocycles. The van der Waals surface area contributed by atoms with E-state index in [1.165, 1.54) is 0 Å². The third-order valence-corrected chi connectivity index (χ3v) is 2.39. The van der Waals surface area contributed by atoms with Gasteiger partial charge in [0.1, 0.15) is 5.52 Å².